The van der Waals surface area contributed by atoms with Crippen LogP contribution < -0.4 is 10.1 Å². The lowest BCUT2D eigenvalue weighted by molar-refractivity contribution is -0.123. The maximum absolute atomic E-state index is 14.1. The minimum atomic E-state index is -0.513. The van der Waals surface area contributed by atoms with E-state index in [0.29, 0.717) is 17.9 Å². The largest absolute Gasteiger partial charge is 0.492 e. The van der Waals surface area contributed by atoms with Gasteiger partial charge in [-0.05, 0) is 36.5 Å². The molecule has 0 unspecified atom stereocenters. The minimum Gasteiger partial charge on any atom is -0.492 e. The van der Waals surface area contributed by atoms with Crippen LogP contribution >= 0.6 is 11.6 Å². The van der Waals surface area contributed by atoms with E-state index in [1.54, 1.807) is 6.07 Å². The van der Waals surface area contributed by atoms with E-state index in [9.17, 15) is 9.18 Å². The monoisotopic (exact) mass is 343 g/mol. The molecule has 128 valence electrons. The van der Waals surface area contributed by atoms with E-state index in [-0.39, 0.29) is 34.9 Å². The molecule has 0 spiro atoms. The van der Waals surface area contributed by atoms with Crippen molar-refractivity contribution in [1.29, 1.82) is 0 Å². The number of carbonyl (C=O) groups is 1. The molecule has 1 N–H and O–H groups in total. The molecule has 23 heavy (non-hydrogen) atoms. The molecule has 1 aromatic carbocycles. The molecule has 1 aromatic rings. The molecule has 1 fully saturated rings. The van der Waals surface area contributed by atoms with Crippen LogP contribution in [0.5, 0.6) is 5.75 Å². The summed E-state index contributed by atoms with van der Waals surface area (Å²) < 4.78 is 25.2. The first-order valence-corrected chi connectivity index (χ1v) is 8.15. The van der Waals surface area contributed by atoms with Crippen LogP contribution in [0.4, 0.5) is 4.39 Å². The number of methoxy groups -OCH3 is 1. The lowest BCUT2D eigenvalue weighted by atomic mass is 9.89. The van der Waals surface area contributed by atoms with E-state index in [0.717, 1.165) is 6.42 Å². The quantitative estimate of drug-likeness (QED) is 0.902. The van der Waals surface area contributed by atoms with E-state index < -0.39 is 5.82 Å². The van der Waals surface area contributed by atoms with Crippen LogP contribution in [-0.2, 0) is 9.53 Å². The number of nitrogens with one attached hydrogen (secondary N) is 1. The average Bonchev–Trinajstić information content (AvgIpc) is 2.45. The summed E-state index contributed by atoms with van der Waals surface area (Å²) in [6.45, 7) is 5.64. The Morgan fingerprint density at radius 2 is 2.13 bits per heavy atom. The Bertz CT molecular complexity index is 556. The van der Waals surface area contributed by atoms with Crippen LogP contribution in [0.15, 0.2) is 12.1 Å². The van der Waals surface area contributed by atoms with Crippen LogP contribution in [0, 0.1) is 11.7 Å². The first kappa shape index (κ1) is 18.0. The van der Waals surface area contributed by atoms with Crippen molar-refractivity contribution >= 4 is 17.5 Å². The first-order chi connectivity index (χ1) is 10.8. The molecule has 1 heterocycles. The molecule has 1 aliphatic rings. The lowest BCUT2D eigenvalue weighted by Crippen LogP contribution is -2.43. The van der Waals surface area contributed by atoms with Gasteiger partial charge in [-0.1, -0.05) is 25.4 Å². The average molecular weight is 344 g/mol. The van der Waals surface area contributed by atoms with Crippen molar-refractivity contribution in [2.24, 2.45) is 5.92 Å². The Morgan fingerprint density at radius 1 is 1.43 bits per heavy atom. The zero-order valence-corrected chi connectivity index (χ0v) is 14.6. The summed E-state index contributed by atoms with van der Waals surface area (Å²) in [5.74, 6) is -0.254. The molecule has 4 nitrogen and oxygen atoms in total. The fourth-order valence-electron chi connectivity index (χ4n) is 2.97. The third-order valence-electron chi connectivity index (χ3n) is 4.10. The highest BCUT2D eigenvalue weighted by Gasteiger charge is 2.33. The molecule has 1 saturated heterocycles. The van der Waals surface area contributed by atoms with Gasteiger partial charge in [0.25, 0.3) is 0 Å². The van der Waals surface area contributed by atoms with E-state index in [1.807, 2.05) is 0 Å². The maximum atomic E-state index is 14.1. The Labute approximate surface area is 141 Å². The van der Waals surface area contributed by atoms with Crippen LogP contribution in [0.1, 0.15) is 45.3 Å². The van der Waals surface area contributed by atoms with Gasteiger partial charge in [-0.3, -0.25) is 4.79 Å². The zero-order chi connectivity index (χ0) is 17.1. The van der Waals surface area contributed by atoms with Gasteiger partial charge in [0.1, 0.15) is 0 Å². The predicted octanol–water partition coefficient (Wildman–Crippen LogP) is 3.87. The highest BCUT2D eigenvalue weighted by atomic mass is 35.5. The van der Waals surface area contributed by atoms with Gasteiger partial charge >= 0.3 is 0 Å². The summed E-state index contributed by atoms with van der Waals surface area (Å²) in [6.07, 6.45) is 1.02. The number of hydrogen-bond acceptors (Lipinski definition) is 3. The van der Waals surface area contributed by atoms with Gasteiger partial charge in [0.05, 0.1) is 24.3 Å². The number of benzene rings is 1. The van der Waals surface area contributed by atoms with Crippen LogP contribution in [0.25, 0.3) is 0 Å². The van der Waals surface area contributed by atoms with Crippen molar-refractivity contribution in [1.82, 2.24) is 5.32 Å². The predicted molar refractivity (Wildman–Crippen MR) is 87.3 cm³/mol. The summed E-state index contributed by atoms with van der Waals surface area (Å²) in [7, 11) is 1.38. The SMILES string of the molecule is COc1c(F)cc([C@@H]2C[C@H](NC(C)=O)C[C@H](C(C)C)O2)cc1Cl. The second-order valence-electron chi connectivity index (χ2n) is 6.29. The van der Waals surface area contributed by atoms with Crippen molar-refractivity contribution in [3.8, 4) is 5.75 Å². The molecule has 0 bridgehead atoms. The fraction of sp³-hybridized carbons (Fsp3) is 0.588. The number of amides is 1. The summed E-state index contributed by atoms with van der Waals surface area (Å²) in [5, 5.41) is 3.16. The summed E-state index contributed by atoms with van der Waals surface area (Å²) in [4.78, 5) is 11.4. The van der Waals surface area contributed by atoms with E-state index in [2.05, 4.69) is 19.2 Å². The normalized spacial score (nSPS) is 24.6. The van der Waals surface area contributed by atoms with E-state index in [4.69, 9.17) is 21.1 Å². The Hall–Kier alpha value is -1.33. The second kappa shape index (κ2) is 7.49. The molecule has 1 aliphatic heterocycles. The molecule has 3 atom stereocenters. The number of carbonyl (C=O) groups excluding carboxylic acids is 1. The molecule has 0 aliphatic carbocycles. The van der Waals surface area contributed by atoms with Crippen molar-refractivity contribution in [2.45, 2.75) is 51.9 Å². The van der Waals surface area contributed by atoms with Gasteiger partial charge in [0.2, 0.25) is 5.91 Å². The van der Waals surface area contributed by atoms with Gasteiger partial charge in [0, 0.05) is 13.0 Å². The molecule has 6 heteroatoms. The van der Waals surface area contributed by atoms with Gasteiger partial charge in [-0.2, -0.15) is 0 Å². The molecule has 2 rings (SSSR count). The summed E-state index contributed by atoms with van der Waals surface area (Å²) in [5.41, 5.74) is 0.661. The van der Waals surface area contributed by atoms with Gasteiger partial charge in [-0.15, -0.1) is 0 Å². The van der Waals surface area contributed by atoms with Crippen molar-refractivity contribution in [3.63, 3.8) is 0 Å². The topological polar surface area (TPSA) is 47.6 Å². The number of ether oxygens (including phenoxy) is 2. The summed E-state index contributed by atoms with van der Waals surface area (Å²) in [6, 6.07) is 3.06. The third kappa shape index (κ3) is 4.36. The standard InChI is InChI=1S/C17H23ClFNO3/c1-9(2)15-7-12(20-10(3)21)8-16(23-15)11-5-13(18)17(22-4)14(19)6-11/h5-6,9,12,15-16H,7-8H2,1-4H3,(H,20,21)/t12-,15-,16+/m1/s1. The molecule has 0 radical (unpaired) electrons. The number of halogens is 2. The van der Waals surface area contributed by atoms with Gasteiger partial charge < -0.3 is 14.8 Å². The smallest absolute Gasteiger partial charge is 0.217 e. The van der Waals surface area contributed by atoms with Crippen molar-refractivity contribution in [2.75, 3.05) is 7.11 Å². The Morgan fingerprint density at radius 3 is 2.65 bits per heavy atom. The van der Waals surface area contributed by atoms with E-state index in [1.165, 1.54) is 20.1 Å². The second-order valence-corrected chi connectivity index (χ2v) is 6.70. The number of rotatable bonds is 4. The molecular weight excluding hydrogens is 321 g/mol. The molecular formula is C17H23ClFNO3. The highest BCUT2D eigenvalue weighted by Crippen LogP contribution is 2.38. The Balaban J connectivity index is 2.27. The first-order valence-electron chi connectivity index (χ1n) is 7.77. The van der Waals surface area contributed by atoms with Crippen LogP contribution in [0.2, 0.25) is 5.02 Å². The zero-order valence-electron chi connectivity index (χ0n) is 13.9. The van der Waals surface area contributed by atoms with Crippen molar-refractivity contribution < 1.29 is 18.7 Å². The van der Waals surface area contributed by atoms with Crippen LogP contribution in [0.3, 0.4) is 0 Å². The molecule has 0 saturated carbocycles. The third-order valence-corrected chi connectivity index (χ3v) is 4.38. The lowest BCUT2D eigenvalue weighted by Gasteiger charge is -2.38. The highest BCUT2D eigenvalue weighted by molar-refractivity contribution is 6.32. The molecule has 1 amide bonds. The number of hydrogen-bond donors (Lipinski definition) is 1. The van der Waals surface area contributed by atoms with Crippen molar-refractivity contribution in [3.05, 3.63) is 28.5 Å². The van der Waals surface area contributed by atoms with Gasteiger partial charge in [-0.25, -0.2) is 4.39 Å². The maximum Gasteiger partial charge on any atom is 0.217 e. The van der Waals surface area contributed by atoms with E-state index >= 15 is 0 Å². The van der Waals surface area contributed by atoms with Crippen LogP contribution in [-0.4, -0.2) is 25.2 Å². The fourth-order valence-corrected chi connectivity index (χ4v) is 3.26. The van der Waals surface area contributed by atoms with Gasteiger partial charge in [0.15, 0.2) is 11.6 Å². The minimum absolute atomic E-state index is 0.00240. The summed E-state index contributed by atoms with van der Waals surface area (Å²) >= 11 is 6.08. The Kier molecular flexibility index (Phi) is 5.87. The molecule has 0 aromatic heterocycles.